The predicted octanol–water partition coefficient (Wildman–Crippen LogP) is 1.22. The third kappa shape index (κ3) is 3.56. The molecular formula is C15H27NO5. The Morgan fingerprint density at radius 1 is 1.33 bits per heavy atom. The van der Waals surface area contributed by atoms with Gasteiger partial charge in [0.05, 0.1) is 25.9 Å². The molecule has 21 heavy (non-hydrogen) atoms. The molecule has 1 heterocycles. The van der Waals surface area contributed by atoms with E-state index in [2.05, 4.69) is 0 Å². The van der Waals surface area contributed by atoms with Crippen molar-refractivity contribution in [3.63, 3.8) is 0 Å². The number of hydrogen-bond acceptors (Lipinski definition) is 6. The van der Waals surface area contributed by atoms with Crippen molar-refractivity contribution in [3.8, 4) is 0 Å². The molecule has 6 nitrogen and oxygen atoms in total. The van der Waals surface area contributed by atoms with Gasteiger partial charge in [-0.3, -0.25) is 4.79 Å². The average Bonchev–Trinajstić information content (AvgIpc) is 2.88. The first-order chi connectivity index (χ1) is 9.93. The second-order valence-electron chi connectivity index (χ2n) is 6.15. The van der Waals surface area contributed by atoms with Gasteiger partial charge in [-0.05, 0) is 26.2 Å². The molecule has 0 unspecified atom stereocenters. The van der Waals surface area contributed by atoms with Crippen molar-refractivity contribution < 1.29 is 23.7 Å². The normalized spacial score (nSPS) is 35.0. The maximum Gasteiger partial charge on any atom is 0.305 e. The lowest BCUT2D eigenvalue weighted by molar-refractivity contribution is -0.226. The van der Waals surface area contributed by atoms with E-state index < -0.39 is 11.3 Å². The molecule has 6 heteroatoms. The summed E-state index contributed by atoms with van der Waals surface area (Å²) in [7, 11) is 1.66. The minimum atomic E-state index is -0.598. The Morgan fingerprint density at radius 3 is 2.57 bits per heavy atom. The zero-order chi connectivity index (χ0) is 15.5. The standard InChI is InChI=1S/C15H27NO5/c1-4-19-13(17)6-5-11-9-15(20-7-8-21-15)10-12(18-3)14(11,2)16/h11-12H,4-10,16H2,1-3H3/t11-,12+,14+/m0/s1. The highest BCUT2D eigenvalue weighted by molar-refractivity contribution is 5.69. The molecule has 1 saturated carbocycles. The number of nitrogens with two attached hydrogens (primary N) is 1. The average molecular weight is 301 g/mol. The van der Waals surface area contributed by atoms with E-state index in [-0.39, 0.29) is 18.0 Å². The largest absolute Gasteiger partial charge is 0.466 e. The van der Waals surface area contributed by atoms with Gasteiger partial charge in [0.1, 0.15) is 0 Å². The minimum absolute atomic E-state index is 0.0821. The molecule has 122 valence electrons. The molecule has 0 aromatic heterocycles. The van der Waals surface area contributed by atoms with Crippen LogP contribution < -0.4 is 5.73 Å². The van der Waals surface area contributed by atoms with Gasteiger partial charge in [-0.1, -0.05) is 0 Å². The van der Waals surface area contributed by atoms with E-state index >= 15 is 0 Å². The van der Waals surface area contributed by atoms with Crippen LogP contribution in [0.2, 0.25) is 0 Å². The Kier molecular flexibility index (Phi) is 5.24. The monoisotopic (exact) mass is 301 g/mol. The molecule has 1 saturated heterocycles. The van der Waals surface area contributed by atoms with Crippen LogP contribution in [0.15, 0.2) is 0 Å². The van der Waals surface area contributed by atoms with E-state index in [4.69, 9.17) is 24.7 Å². The Labute approximate surface area is 126 Å². The van der Waals surface area contributed by atoms with E-state index in [1.807, 2.05) is 13.8 Å². The Hall–Kier alpha value is -0.690. The van der Waals surface area contributed by atoms with Crippen LogP contribution in [0.3, 0.4) is 0 Å². The summed E-state index contributed by atoms with van der Waals surface area (Å²) in [6.45, 7) is 5.39. The summed E-state index contributed by atoms with van der Waals surface area (Å²) in [6.07, 6.45) is 2.18. The quantitative estimate of drug-likeness (QED) is 0.769. The van der Waals surface area contributed by atoms with E-state index in [9.17, 15) is 4.79 Å². The van der Waals surface area contributed by atoms with Gasteiger partial charge in [-0.25, -0.2) is 0 Å². The molecule has 0 amide bonds. The van der Waals surface area contributed by atoms with Gasteiger partial charge in [0.25, 0.3) is 0 Å². The molecule has 2 N–H and O–H groups in total. The summed E-state index contributed by atoms with van der Waals surface area (Å²) in [4.78, 5) is 11.6. The van der Waals surface area contributed by atoms with Crippen LogP contribution in [0.5, 0.6) is 0 Å². The molecule has 0 radical (unpaired) electrons. The van der Waals surface area contributed by atoms with E-state index in [1.54, 1.807) is 7.11 Å². The maximum absolute atomic E-state index is 11.6. The van der Waals surface area contributed by atoms with E-state index in [0.717, 1.165) is 0 Å². The van der Waals surface area contributed by atoms with Gasteiger partial charge in [0, 0.05) is 31.9 Å². The number of rotatable bonds is 5. The fourth-order valence-electron chi connectivity index (χ4n) is 3.45. The van der Waals surface area contributed by atoms with Crippen LogP contribution in [0.4, 0.5) is 0 Å². The van der Waals surface area contributed by atoms with Crippen LogP contribution in [0, 0.1) is 5.92 Å². The van der Waals surface area contributed by atoms with Gasteiger partial charge in [-0.2, -0.15) is 0 Å². The van der Waals surface area contributed by atoms with E-state index in [0.29, 0.717) is 45.5 Å². The highest BCUT2D eigenvalue weighted by atomic mass is 16.7. The summed E-state index contributed by atoms with van der Waals surface area (Å²) >= 11 is 0. The summed E-state index contributed by atoms with van der Waals surface area (Å²) in [6, 6.07) is 0. The fraction of sp³-hybridized carbons (Fsp3) is 0.933. The van der Waals surface area contributed by atoms with Crippen molar-refractivity contribution in [2.45, 2.75) is 57.0 Å². The van der Waals surface area contributed by atoms with Crippen LogP contribution in [0.25, 0.3) is 0 Å². The second-order valence-corrected chi connectivity index (χ2v) is 6.15. The molecule has 0 aromatic carbocycles. The first kappa shape index (κ1) is 16.7. The summed E-state index contributed by atoms with van der Waals surface area (Å²) in [5.41, 5.74) is 5.99. The highest BCUT2D eigenvalue weighted by Crippen LogP contribution is 2.45. The second kappa shape index (κ2) is 6.60. The topological polar surface area (TPSA) is 80.0 Å². The third-order valence-corrected chi connectivity index (χ3v) is 4.73. The van der Waals surface area contributed by atoms with Gasteiger partial charge in [-0.15, -0.1) is 0 Å². The lowest BCUT2D eigenvalue weighted by Crippen LogP contribution is -2.63. The molecular weight excluding hydrogens is 274 g/mol. The SMILES string of the molecule is CCOC(=O)CC[C@H]1CC2(C[C@@H](OC)[C@]1(C)N)OCCO2. The molecule has 1 aliphatic heterocycles. The van der Waals surface area contributed by atoms with Gasteiger partial charge in [0.15, 0.2) is 5.79 Å². The Morgan fingerprint density at radius 2 is 2.00 bits per heavy atom. The lowest BCUT2D eigenvalue weighted by atomic mass is 9.68. The predicted molar refractivity (Wildman–Crippen MR) is 76.6 cm³/mol. The van der Waals surface area contributed by atoms with Gasteiger partial charge >= 0.3 is 5.97 Å². The van der Waals surface area contributed by atoms with Gasteiger partial charge in [0.2, 0.25) is 0 Å². The zero-order valence-corrected chi connectivity index (χ0v) is 13.2. The molecule has 2 fully saturated rings. The van der Waals surface area contributed by atoms with Crippen molar-refractivity contribution in [2.75, 3.05) is 26.9 Å². The molecule has 3 atom stereocenters. The number of ether oxygens (including phenoxy) is 4. The molecule has 1 spiro atoms. The summed E-state index contributed by atoms with van der Waals surface area (Å²) in [5.74, 6) is -0.701. The minimum Gasteiger partial charge on any atom is -0.466 e. The van der Waals surface area contributed by atoms with Gasteiger partial charge < -0.3 is 24.7 Å². The summed E-state index contributed by atoms with van der Waals surface area (Å²) < 4.78 is 22.2. The Bertz CT molecular complexity index is 365. The number of hydrogen-bond donors (Lipinski definition) is 1. The highest BCUT2D eigenvalue weighted by Gasteiger charge is 2.53. The van der Waals surface area contributed by atoms with E-state index in [1.165, 1.54) is 0 Å². The smallest absolute Gasteiger partial charge is 0.305 e. The van der Waals surface area contributed by atoms with Crippen molar-refractivity contribution >= 4 is 5.97 Å². The maximum atomic E-state index is 11.6. The van der Waals surface area contributed by atoms with Crippen molar-refractivity contribution in [1.29, 1.82) is 0 Å². The van der Waals surface area contributed by atoms with Crippen molar-refractivity contribution in [2.24, 2.45) is 11.7 Å². The molecule has 2 rings (SSSR count). The van der Waals surface area contributed by atoms with Crippen LogP contribution in [-0.2, 0) is 23.7 Å². The number of methoxy groups -OCH3 is 1. The first-order valence-electron chi connectivity index (χ1n) is 7.69. The van der Waals surface area contributed by atoms with Crippen LogP contribution in [-0.4, -0.2) is 50.3 Å². The lowest BCUT2D eigenvalue weighted by Gasteiger charge is -2.50. The number of carbonyl (C=O) groups excluding carboxylic acids is 1. The zero-order valence-electron chi connectivity index (χ0n) is 13.2. The fourth-order valence-corrected chi connectivity index (χ4v) is 3.45. The third-order valence-electron chi connectivity index (χ3n) is 4.73. The molecule has 0 aromatic rings. The van der Waals surface area contributed by atoms with Crippen molar-refractivity contribution in [1.82, 2.24) is 0 Å². The van der Waals surface area contributed by atoms with Crippen LogP contribution in [0.1, 0.15) is 39.5 Å². The number of carbonyl (C=O) groups is 1. The number of esters is 1. The molecule has 0 bridgehead atoms. The van der Waals surface area contributed by atoms with Crippen molar-refractivity contribution in [3.05, 3.63) is 0 Å². The summed E-state index contributed by atoms with van der Waals surface area (Å²) in [5, 5.41) is 0. The molecule has 1 aliphatic carbocycles. The first-order valence-corrected chi connectivity index (χ1v) is 7.69. The van der Waals surface area contributed by atoms with Crippen LogP contribution >= 0.6 is 0 Å². The molecule has 2 aliphatic rings. The Balaban J connectivity index is 2.06.